The molecule has 1 aromatic heterocycles. The summed E-state index contributed by atoms with van der Waals surface area (Å²) in [6, 6.07) is 4.62. The second-order valence-corrected chi connectivity index (χ2v) is 5.15. The van der Waals surface area contributed by atoms with E-state index in [4.69, 9.17) is 4.74 Å². The molecule has 0 unspecified atom stereocenters. The Kier molecular flexibility index (Phi) is 4.65. The first-order chi connectivity index (χ1) is 9.56. The third-order valence-electron chi connectivity index (χ3n) is 3.07. The predicted molar refractivity (Wildman–Crippen MR) is 80.6 cm³/mol. The molecule has 0 amide bonds. The maximum atomic E-state index is 13.7. The molecule has 0 aliphatic rings. The van der Waals surface area contributed by atoms with Gasteiger partial charge in [-0.2, -0.15) is 5.10 Å². The molecular weight excluding hydrogens is 325 g/mol. The van der Waals surface area contributed by atoms with Crippen molar-refractivity contribution in [1.82, 2.24) is 9.78 Å². The van der Waals surface area contributed by atoms with Crippen LogP contribution in [-0.2, 0) is 13.1 Å². The van der Waals surface area contributed by atoms with Crippen LogP contribution in [0.15, 0.2) is 22.7 Å². The zero-order chi connectivity index (χ0) is 14.7. The Morgan fingerprint density at radius 2 is 2.20 bits per heavy atom. The summed E-state index contributed by atoms with van der Waals surface area (Å²) in [6.45, 7) is 5.21. The first kappa shape index (κ1) is 14.8. The van der Waals surface area contributed by atoms with Crippen molar-refractivity contribution in [3.8, 4) is 5.75 Å². The lowest BCUT2D eigenvalue weighted by Gasteiger charge is -2.11. The van der Waals surface area contributed by atoms with Crippen molar-refractivity contribution < 1.29 is 9.13 Å². The summed E-state index contributed by atoms with van der Waals surface area (Å²) in [4.78, 5) is 0. The maximum Gasteiger partial charge on any atom is 0.146 e. The van der Waals surface area contributed by atoms with Crippen molar-refractivity contribution in [2.45, 2.75) is 26.9 Å². The maximum absolute atomic E-state index is 13.7. The van der Waals surface area contributed by atoms with Gasteiger partial charge in [0, 0.05) is 12.6 Å². The highest BCUT2D eigenvalue weighted by Crippen LogP contribution is 2.25. The minimum atomic E-state index is -0.304. The van der Waals surface area contributed by atoms with Crippen LogP contribution in [0.2, 0.25) is 0 Å². The number of hydrogen-bond donors (Lipinski definition) is 1. The molecule has 6 heteroatoms. The van der Waals surface area contributed by atoms with Gasteiger partial charge >= 0.3 is 0 Å². The minimum Gasteiger partial charge on any atom is -0.497 e. The second kappa shape index (κ2) is 6.26. The molecule has 0 spiro atoms. The number of halogens is 2. The second-order valence-electron chi connectivity index (χ2n) is 4.36. The van der Waals surface area contributed by atoms with Crippen molar-refractivity contribution in [1.29, 1.82) is 0 Å². The number of aromatic nitrogens is 2. The van der Waals surface area contributed by atoms with Gasteiger partial charge < -0.3 is 10.1 Å². The number of nitrogens with zero attached hydrogens (tertiary/aromatic N) is 2. The SMILES string of the molecule is CCn1nc(C)c(Br)c1CNc1cc(OC)ccc1F. The molecule has 0 saturated heterocycles. The summed E-state index contributed by atoms with van der Waals surface area (Å²) in [7, 11) is 1.56. The molecule has 108 valence electrons. The molecule has 1 aromatic carbocycles. The molecule has 0 aliphatic carbocycles. The van der Waals surface area contributed by atoms with Gasteiger partial charge in [0.2, 0.25) is 0 Å². The first-order valence-corrected chi connectivity index (χ1v) is 7.15. The van der Waals surface area contributed by atoms with Gasteiger partial charge in [0.15, 0.2) is 0 Å². The van der Waals surface area contributed by atoms with Crippen LogP contribution in [0.5, 0.6) is 5.75 Å². The highest BCUT2D eigenvalue weighted by atomic mass is 79.9. The summed E-state index contributed by atoms with van der Waals surface area (Å²) < 4.78 is 21.7. The number of benzene rings is 1. The molecule has 20 heavy (non-hydrogen) atoms. The van der Waals surface area contributed by atoms with E-state index in [-0.39, 0.29) is 5.82 Å². The van der Waals surface area contributed by atoms with Gasteiger partial charge in [0.05, 0.1) is 35.2 Å². The first-order valence-electron chi connectivity index (χ1n) is 6.36. The van der Waals surface area contributed by atoms with Crippen LogP contribution in [0.3, 0.4) is 0 Å². The lowest BCUT2D eigenvalue weighted by molar-refractivity contribution is 0.414. The summed E-state index contributed by atoms with van der Waals surface area (Å²) in [5, 5.41) is 7.50. The highest BCUT2D eigenvalue weighted by molar-refractivity contribution is 9.10. The molecule has 0 atom stereocenters. The quantitative estimate of drug-likeness (QED) is 0.900. The number of ether oxygens (including phenoxy) is 1. The number of methoxy groups -OCH3 is 1. The van der Waals surface area contributed by atoms with Gasteiger partial charge in [-0.25, -0.2) is 4.39 Å². The Morgan fingerprint density at radius 1 is 1.45 bits per heavy atom. The van der Waals surface area contributed by atoms with Crippen molar-refractivity contribution in [2.75, 3.05) is 12.4 Å². The zero-order valence-corrected chi connectivity index (χ0v) is 13.3. The van der Waals surface area contributed by atoms with Crippen molar-refractivity contribution in [2.24, 2.45) is 0 Å². The van der Waals surface area contributed by atoms with Crippen molar-refractivity contribution in [3.05, 3.63) is 39.9 Å². The van der Waals surface area contributed by atoms with E-state index in [0.29, 0.717) is 18.0 Å². The predicted octanol–water partition coefficient (Wildman–Crippen LogP) is 3.73. The van der Waals surface area contributed by atoms with E-state index in [0.717, 1.165) is 22.4 Å². The van der Waals surface area contributed by atoms with E-state index in [9.17, 15) is 4.39 Å². The van der Waals surface area contributed by atoms with Crippen LogP contribution >= 0.6 is 15.9 Å². The van der Waals surface area contributed by atoms with Crippen molar-refractivity contribution >= 4 is 21.6 Å². The van der Waals surface area contributed by atoms with E-state index in [1.165, 1.54) is 6.07 Å². The molecule has 0 fully saturated rings. The Labute approximate surface area is 126 Å². The van der Waals surface area contributed by atoms with Crippen LogP contribution in [-0.4, -0.2) is 16.9 Å². The third kappa shape index (κ3) is 2.95. The number of rotatable bonds is 5. The van der Waals surface area contributed by atoms with Crippen LogP contribution in [0.1, 0.15) is 18.3 Å². The molecule has 4 nitrogen and oxygen atoms in total. The standard InChI is InChI=1S/C14H17BrFN3O/c1-4-19-13(14(15)9(2)18-19)8-17-12-7-10(20-3)5-6-11(12)16/h5-7,17H,4,8H2,1-3H3. The largest absolute Gasteiger partial charge is 0.497 e. The highest BCUT2D eigenvalue weighted by Gasteiger charge is 2.12. The minimum absolute atomic E-state index is 0.304. The average molecular weight is 342 g/mol. The lowest BCUT2D eigenvalue weighted by Crippen LogP contribution is -2.09. The zero-order valence-electron chi connectivity index (χ0n) is 11.7. The summed E-state index contributed by atoms with van der Waals surface area (Å²) >= 11 is 3.52. The summed E-state index contributed by atoms with van der Waals surface area (Å²) in [6.07, 6.45) is 0. The molecule has 2 aromatic rings. The molecule has 2 rings (SSSR count). The number of aryl methyl sites for hydroxylation is 2. The van der Waals surface area contributed by atoms with Gasteiger partial charge in [-0.05, 0) is 41.9 Å². The van der Waals surface area contributed by atoms with E-state index >= 15 is 0 Å². The molecular formula is C14H17BrFN3O. The van der Waals surface area contributed by atoms with E-state index in [2.05, 4.69) is 26.3 Å². The molecule has 1 N–H and O–H groups in total. The number of nitrogens with one attached hydrogen (secondary N) is 1. The van der Waals surface area contributed by atoms with Crippen LogP contribution in [0, 0.1) is 12.7 Å². The Morgan fingerprint density at radius 3 is 2.85 bits per heavy atom. The Balaban J connectivity index is 2.20. The molecule has 0 radical (unpaired) electrons. The van der Waals surface area contributed by atoms with E-state index < -0.39 is 0 Å². The number of hydrogen-bond acceptors (Lipinski definition) is 3. The molecule has 0 aliphatic heterocycles. The summed E-state index contributed by atoms with van der Waals surface area (Å²) in [5.74, 6) is 0.314. The van der Waals surface area contributed by atoms with Crippen LogP contribution < -0.4 is 10.1 Å². The van der Waals surface area contributed by atoms with E-state index in [1.54, 1.807) is 19.2 Å². The van der Waals surface area contributed by atoms with Crippen LogP contribution in [0.25, 0.3) is 0 Å². The third-order valence-corrected chi connectivity index (χ3v) is 4.10. The lowest BCUT2D eigenvalue weighted by atomic mass is 10.2. The topological polar surface area (TPSA) is 39.1 Å². The molecule has 1 heterocycles. The fourth-order valence-electron chi connectivity index (χ4n) is 1.98. The normalized spacial score (nSPS) is 10.7. The van der Waals surface area contributed by atoms with Gasteiger partial charge in [-0.1, -0.05) is 0 Å². The Hall–Kier alpha value is -1.56. The smallest absolute Gasteiger partial charge is 0.146 e. The van der Waals surface area contributed by atoms with Gasteiger partial charge in [0.1, 0.15) is 11.6 Å². The fourth-order valence-corrected chi connectivity index (χ4v) is 2.41. The number of anilines is 1. The van der Waals surface area contributed by atoms with Gasteiger partial charge in [0.25, 0.3) is 0 Å². The summed E-state index contributed by atoms with van der Waals surface area (Å²) in [5.41, 5.74) is 2.33. The van der Waals surface area contributed by atoms with Gasteiger partial charge in [-0.3, -0.25) is 4.68 Å². The monoisotopic (exact) mass is 341 g/mol. The Bertz CT molecular complexity index is 613. The van der Waals surface area contributed by atoms with E-state index in [1.807, 2.05) is 18.5 Å². The van der Waals surface area contributed by atoms with Gasteiger partial charge in [-0.15, -0.1) is 0 Å². The van der Waals surface area contributed by atoms with Crippen molar-refractivity contribution in [3.63, 3.8) is 0 Å². The van der Waals surface area contributed by atoms with Crippen LogP contribution in [0.4, 0.5) is 10.1 Å². The fraction of sp³-hybridized carbons (Fsp3) is 0.357. The average Bonchev–Trinajstić information content (AvgIpc) is 2.73. The molecule has 0 saturated carbocycles. The molecule has 0 bridgehead atoms.